The van der Waals surface area contributed by atoms with Crippen molar-refractivity contribution in [1.29, 1.82) is 0 Å². The van der Waals surface area contributed by atoms with E-state index in [9.17, 15) is 9.59 Å². The zero-order valence-corrected chi connectivity index (χ0v) is 11.5. The third-order valence-corrected chi connectivity index (χ3v) is 2.62. The van der Waals surface area contributed by atoms with Crippen molar-refractivity contribution in [2.75, 3.05) is 20.1 Å². The Morgan fingerprint density at radius 3 is 2.06 bits per heavy atom. The highest BCUT2D eigenvalue weighted by atomic mass is 16.2. The van der Waals surface area contributed by atoms with E-state index in [2.05, 4.69) is 10.6 Å². The molecule has 17 heavy (non-hydrogen) atoms. The molecule has 0 radical (unpaired) electrons. The normalized spacial score (nSPS) is 12.1. The quantitative estimate of drug-likeness (QED) is 0.736. The van der Waals surface area contributed by atoms with E-state index in [0.29, 0.717) is 25.4 Å². The summed E-state index contributed by atoms with van der Waals surface area (Å²) in [7, 11) is 1.58. The fourth-order valence-electron chi connectivity index (χ4n) is 1.63. The molecule has 0 aromatic heterocycles. The second-order valence-corrected chi connectivity index (χ2v) is 4.42. The van der Waals surface area contributed by atoms with Gasteiger partial charge >= 0.3 is 6.03 Å². The van der Waals surface area contributed by atoms with Gasteiger partial charge in [0, 0.05) is 20.1 Å². The van der Waals surface area contributed by atoms with Crippen LogP contribution < -0.4 is 10.6 Å². The number of likely N-dealkylation sites (N-methyl/N-ethyl adjacent to an activating group) is 1. The number of rotatable bonds is 6. The number of carbonyl (C=O) groups is 2. The van der Waals surface area contributed by atoms with E-state index in [1.54, 1.807) is 11.9 Å². The van der Waals surface area contributed by atoms with Crippen molar-refractivity contribution in [2.45, 2.75) is 40.2 Å². The molecule has 0 aromatic carbocycles. The Morgan fingerprint density at radius 2 is 1.71 bits per heavy atom. The molecule has 0 saturated heterocycles. The predicted octanol–water partition coefficient (Wildman–Crippen LogP) is 1.20. The molecule has 5 heteroatoms. The summed E-state index contributed by atoms with van der Waals surface area (Å²) in [6.07, 6.45) is 0.646. The van der Waals surface area contributed by atoms with Crippen molar-refractivity contribution < 1.29 is 9.59 Å². The maximum Gasteiger partial charge on any atom is 0.318 e. The van der Waals surface area contributed by atoms with Crippen LogP contribution in [0.5, 0.6) is 0 Å². The van der Waals surface area contributed by atoms with Crippen LogP contribution in [-0.2, 0) is 4.79 Å². The smallest absolute Gasteiger partial charge is 0.318 e. The minimum Gasteiger partial charge on any atom is -0.357 e. The molecule has 0 rings (SSSR count). The highest BCUT2D eigenvalue weighted by molar-refractivity contribution is 5.86. The van der Waals surface area contributed by atoms with Gasteiger partial charge in [-0.3, -0.25) is 4.79 Å². The van der Waals surface area contributed by atoms with Gasteiger partial charge in [0.1, 0.15) is 6.04 Å². The first-order valence-corrected chi connectivity index (χ1v) is 6.23. The van der Waals surface area contributed by atoms with E-state index in [4.69, 9.17) is 0 Å². The third kappa shape index (κ3) is 5.56. The highest BCUT2D eigenvalue weighted by Crippen LogP contribution is 2.05. The minimum atomic E-state index is -0.451. The molecular weight excluding hydrogens is 218 g/mol. The first-order chi connectivity index (χ1) is 7.96. The van der Waals surface area contributed by atoms with E-state index >= 15 is 0 Å². The molecule has 0 fully saturated rings. The number of hydrogen-bond donors (Lipinski definition) is 2. The molecule has 0 heterocycles. The summed E-state index contributed by atoms with van der Waals surface area (Å²) in [6.45, 7) is 9.18. The lowest BCUT2D eigenvalue weighted by Gasteiger charge is -2.24. The second-order valence-electron chi connectivity index (χ2n) is 4.42. The summed E-state index contributed by atoms with van der Waals surface area (Å²) in [6, 6.07) is -0.627. The summed E-state index contributed by atoms with van der Waals surface area (Å²) in [5.74, 6) is 0.216. The van der Waals surface area contributed by atoms with Crippen LogP contribution >= 0.6 is 0 Å². The van der Waals surface area contributed by atoms with Crippen LogP contribution in [0.4, 0.5) is 4.79 Å². The number of nitrogens with zero attached hydrogens (tertiary/aromatic N) is 1. The summed E-state index contributed by atoms with van der Waals surface area (Å²) in [5, 5.41) is 5.35. The molecule has 0 unspecified atom stereocenters. The zero-order valence-electron chi connectivity index (χ0n) is 11.5. The Bertz CT molecular complexity index is 250. The van der Waals surface area contributed by atoms with E-state index in [-0.39, 0.29) is 11.9 Å². The van der Waals surface area contributed by atoms with Gasteiger partial charge in [-0.25, -0.2) is 4.79 Å². The van der Waals surface area contributed by atoms with Gasteiger partial charge in [-0.05, 0) is 26.2 Å². The van der Waals surface area contributed by atoms with E-state index < -0.39 is 6.04 Å². The van der Waals surface area contributed by atoms with Gasteiger partial charge in [0.2, 0.25) is 5.91 Å². The van der Waals surface area contributed by atoms with Gasteiger partial charge in [-0.1, -0.05) is 13.8 Å². The summed E-state index contributed by atoms with van der Waals surface area (Å²) < 4.78 is 0. The molecule has 3 amide bonds. The number of nitrogens with one attached hydrogen (secondary N) is 2. The molecule has 0 aromatic rings. The monoisotopic (exact) mass is 243 g/mol. The fourth-order valence-corrected chi connectivity index (χ4v) is 1.63. The van der Waals surface area contributed by atoms with E-state index in [1.807, 2.05) is 27.7 Å². The van der Waals surface area contributed by atoms with Gasteiger partial charge in [-0.2, -0.15) is 0 Å². The summed E-state index contributed by atoms with van der Waals surface area (Å²) in [5.41, 5.74) is 0. The minimum absolute atomic E-state index is 0.140. The lowest BCUT2D eigenvalue weighted by Crippen LogP contribution is -2.51. The van der Waals surface area contributed by atoms with Crippen molar-refractivity contribution in [1.82, 2.24) is 15.5 Å². The lowest BCUT2D eigenvalue weighted by atomic mass is 10.0. The Balaban J connectivity index is 4.51. The summed E-state index contributed by atoms with van der Waals surface area (Å²) in [4.78, 5) is 25.2. The molecule has 0 saturated carbocycles. The lowest BCUT2D eigenvalue weighted by molar-refractivity contribution is -0.122. The number of carbonyl (C=O) groups excluding carboxylic acids is 2. The van der Waals surface area contributed by atoms with Crippen molar-refractivity contribution in [3.63, 3.8) is 0 Å². The zero-order chi connectivity index (χ0) is 13.4. The molecule has 1 atom stereocenters. The topological polar surface area (TPSA) is 61.4 Å². The van der Waals surface area contributed by atoms with Gasteiger partial charge in [0.05, 0.1) is 0 Å². The average molecular weight is 243 g/mol. The van der Waals surface area contributed by atoms with Crippen LogP contribution in [0, 0.1) is 5.92 Å². The van der Waals surface area contributed by atoms with Crippen molar-refractivity contribution in [3.8, 4) is 0 Å². The average Bonchev–Trinajstić information content (AvgIpc) is 2.28. The molecule has 2 N–H and O–H groups in total. The number of urea groups is 1. The van der Waals surface area contributed by atoms with Crippen LogP contribution in [-0.4, -0.2) is 43.0 Å². The molecular formula is C12H25N3O2. The van der Waals surface area contributed by atoms with Gasteiger partial charge in [0.15, 0.2) is 0 Å². The number of amides is 3. The van der Waals surface area contributed by atoms with E-state index in [0.717, 1.165) is 0 Å². The largest absolute Gasteiger partial charge is 0.357 e. The SMILES string of the molecule is CCN(CC)C(=O)N[C@@H](CC(C)C)C(=O)NC. The molecule has 5 nitrogen and oxygen atoms in total. The fraction of sp³-hybridized carbons (Fsp3) is 0.833. The molecule has 0 spiro atoms. The van der Waals surface area contributed by atoms with Crippen molar-refractivity contribution in [3.05, 3.63) is 0 Å². The maximum absolute atomic E-state index is 11.9. The second kappa shape index (κ2) is 7.92. The Hall–Kier alpha value is -1.26. The maximum atomic E-state index is 11.9. The standard InChI is InChI=1S/C12H25N3O2/c1-6-15(7-2)12(17)14-10(8-9(3)4)11(16)13-5/h9-10H,6-8H2,1-5H3,(H,13,16)(H,14,17)/t10-/m0/s1. The summed E-state index contributed by atoms with van der Waals surface area (Å²) >= 11 is 0. The first kappa shape index (κ1) is 15.7. The van der Waals surface area contributed by atoms with Crippen LogP contribution in [0.2, 0.25) is 0 Å². The van der Waals surface area contributed by atoms with Crippen LogP contribution in [0.1, 0.15) is 34.1 Å². The third-order valence-electron chi connectivity index (χ3n) is 2.62. The molecule has 0 aliphatic heterocycles. The molecule has 0 aliphatic rings. The number of hydrogen-bond acceptors (Lipinski definition) is 2. The first-order valence-electron chi connectivity index (χ1n) is 6.23. The van der Waals surface area contributed by atoms with Crippen LogP contribution in [0.25, 0.3) is 0 Å². The molecule has 0 aliphatic carbocycles. The van der Waals surface area contributed by atoms with Crippen molar-refractivity contribution in [2.24, 2.45) is 5.92 Å². The van der Waals surface area contributed by atoms with Crippen molar-refractivity contribution >= 4 is 11.9 Å². The van der Waals surface area contributed by atoms with Gasteiger partial charge < -0.3 is 15.5 Å². The van der Waals surface area contributed by atoms with Gasteiger partial charge in [-0.15, -0.1) is 0 Å². The molecule has 100 valence electrons. The molecule has 0 bridgehead atoms. The highest BCUT2D eigenvalue weighted by Gasteiger charge is 2.22. The van der Waals surface area contributed by atoms with Crippen LogP contribution in [0.3, 0.4) is 0 Å². The Morgan fingerprint density at radius 1 is 1.18 bits per heavy atom. The Labute approximate surface area is 104 Å². The van der Waals surface area contributed by atoms with Gasteiger partial charge in [0.25, 0.3) is 0 Å². The van der Waals surface area contributed by atoms with E-state index in [1.165, 1.54) is 0 Å². The van der Waals surface area contributed by atoms with Crippen LogP contribution in [0.15, 0.2) is 0 Å². The Kier molecular flexibility index (Phi) is 7.34. The predicted molar refractivity (Wildman–Crippen MR) is 68.8 cm³/mol.